The van der Waals surface area contributed by atoms with Gasteiger partial charge >= 0.3 is 6.18 Å². The second kappa shape index (κ2) is 10.1. The van der Waals surface area contributed by atoms with E-state index in [-0.39, 0.29) is 17.9 Å². The second-order valence-corrected chi connectivity index (χ2v) is 9.83. The van der Waals surface area contributed by atoms with Crippen LogP contribution in [0.2, 0.25) is 0 Å². The predicted octanol–water partition coefficient (Wildman–Crippen LogP) is 4.08. The van der Waals surface area contributed by atoms with Crippen LogP contribution in [0.15, 0.2) is 36.8 Å². The summed E-state index contributed by atoms with van der Waals surface area (Å²) in [5.41, 5.74) is 4.44. The van der Waals surface area contributed by atoms with Crippen LogP contribution < -0.4 is 10.6 Å². The van der Waals surface area contributed by atoms with Crippen molar-refractivity contribution in [2.45, 2.75) is 57.3 Å². The number of halogens is 3. The molecular weight excluding hydrogens is 483 g/mol. The zero-order chi connectivity index (χ0) is 26.2. The van der Waals surface area contributed by atoms with Gasteiger partial charge in [0.05, 0.1) is 23.0 Å². The molecule has 8 nitrogen and oxygen atoms in total. The highest BCUT2D eigenvalue weighted by molar-refractivity contribution is 6.01. The van der Waals surface area contributed by atoms with Crippen LogP contribution in [-0.4, -0.2) is 68.8 Å². The number of nitrogens with zero attached hydrogens (tertiary/aromatic N) is 5. The van der Waals surface area contributed by atoms with E-state index in [9.17, 15) is 18.0 Å². The van der Waals surface area contributed by atoms with E-state index >= 15 is 0 Å². The predicted molar refractivity (Wildman–Crippen MR) is 134 cm³/mol. The van der Waals surface area contributed by atoms with E-state index in [1.807, 2.05) is 18.3 Å². The Morgan fingerprint density at radius 1 is 1.22 bits per heavy atom. The number of piperidine rings is 1. The molecule has 2 aliphatic rings. The topological polar surface area (TPSA) is 87.5 Å². The number of carbonyl (C=O) groups is 1. The number of anilines is 1. The van der Waals surface area contributed by atoms with Gasteiger partial charge in [-0.15, -0.1) is 0 Å². The van der Waals surface area contributed by atoms with Gasteiger partial charge in [0.2, 0.25) is 5.95 Å². The monoisotopic (exact) mass is 513 g/mol. The highest BCUT2D eigenvalue weighted by Crippen LogP contribution is 2.32. The Bertz CT molecular complexity index is 1330. The van der Waals surface area contributed by atoms with Crippen LogP contribution in [-0.2, 0) is 6.42 Å². The van der Waals surface area contributed by atoms with E-state index in [0.29, 0.717) is 23.2 Å². The number of carbonyl (C=O) groups excluding carboxylic acids is 1. The summed E-state index contributed by atoms with van der Waals surface area (Å²) in [5, 5.41) is 9.86. The number of amides is 1. The van der Waals surface area contributed by atoms with Crippen molar-refractivity contribution in [2.24, 2.45) is 0 Å². The molecule has 1 atom stereocenters. The molecule has 0 spiro atoms. The van der Waals surface area contributed by atoms with Crippen molar-refractivity contribution < 1.29 is 18.0 Å². The van der Waals surface area contributed by atoms with Gasteiger partial charge in [-0.05, 0) is 82.4 Å². The summed E-state index contributed by atoms with van der Waals surface area (Å²) in [4.78, 5) is 24.0. The summed E-state index contributed by atoms with van der Waals surface area (Å²) in [7, 11) is 2.08. The summed E-state index contributed by atoms with van der Waals surface area (Å²) in [6.07, 6.45) is 6.75. The molecule has 3 aromatic rings. The fourth-order valence-corrected chi connectivity index (χ4v) is 4.82. The number of aryl methyl sites for hydroxylation is 1. The number of fused-ring (bicyclic) bond motifs is 2. The first-order chi connectivity index (χ1) is 17.7. The Hall–Kier alpha value is -3.47. The maximum atomic E-state index is 13.1. The van der Waals surface area contributed by atoms with Crippen molar-refractivity contribution in [3.05, 3.63) is 59.2 Å². The maximum Gasteiger partial charge on any atom is 0.408 e. The number of nitrogens with one attached hydrogen (secondary N) is 2. The molecule has 1 saturated heterocycles. The third kappa shape index (κ3) is 5.46. The van der Waals surface area contributed by atoms with Crippen LogP contribution in [0.1, 0.15) is 59.8 Å². The van der Waals surface area contributed by atoms with Crippen molar-refractivity contribution in [3.63, 3.8) is 0 Å². The van der Waals surface area contributed by atoms with Gasteiger partial charge in [-0.2, -0.15) is 18.3 Å². The average Bonchev–Trinajstić information content (AvgIpc) is 3.17. The molecule has 3 aromatic heterocycles. The molecule has 5 rings (SSSR count). The fourth-order valence-electron chi connectivity index (χ4n) is 4.82. The smallest absolute Gasteiger partial charge is 0.349 e. The molecule has 2 N–H and O–H groups in total. The molecule has 0 bridgehead atoms. The lowest BCUT2D eigenvalue weighted by atomic mass is 9.98. The highest BCUT2D eigenvalue weighted by atomic mass is 19.4. The van der Waals surface area contributed by atoms with E-state index in [4.69, 9.17) is 0 Å². The summed E-state index contributed by atoms with van der Waals surface area (Å²) < 4.78 is 40.7. The number of rotatable bonds is 5. The first-order valence-corrected chi connectivity index (χ1v) is 12.6. The molecule has 11 heteroatoms. The number of allylic oxidation sites excluding steroid dienone is 1. The zero-order valence-electron chi connectivity index (χ0n) is 20.8. The van der Waals surface area contributed by atoms with Crippen LogP contribution in [0, 0.1) is 0 Å². The van der Waals surface area contributed by atoms with Gasteiger partial charge in [0.15, 0.2) is 0 Å². The second-order valence-electron chi connectivity index (χ2n) is 9.83. The van der Waals surface area contributed by atoms with Crippen molar-refractivity contribution in [3.8, 4) is 0 Å². The number of aromatic nitrogens is 4. The lowest BCUT2D eigenvalue weighted by Crippen LogP contribution is -2.43. The summed E-state index contributed by atoms with van der Waals surface area (Å²) in [6, 6.07) is 2.22. The van der Waals surface area contributed by atoms with E-state index < -0.39 is 12.2 Å². The molecule has 0 unspecified atom stereocenters. The minimum absolute atomic E-state index is 0.0380. The SMILES string of the molecule is C[C@@H](Nc1ncc2c(n1)CCCC=C2c1ccn2ncc(C(=O)NC3CCN(C)CC3)c2c1)C(F)(F)F. The minimum Gasteiger partial charge on any atom is -0.349 e. The lowest BCUT2D eigenvalue weighted by molar-refractivity contribution is -0.138. The first-order valence-electron chi connectivity index (χ1n) is 12.6. The molecule has 0 saturated carbocycles. The van der Waals surface area contributed by atoms with Gasteiger partial charge in [-0.3, -0.25) is 4.79 Å². The van der Waals surface area contributed by atoms with Crippen LogP contribution in [0.3, 0.4) is 0 Å². The number of pyridine rings is 1. The van der Waals surface area contributed by atoms with Gasteiger partial charge < -0.3 is 15.5 Å². The molecule has 196 valence electrons. The van der Waals surface area contributed by atoms with Crippen LogP contribution in [0.25, 0.3) is 11.1 Å². The lowest BCUT2D eigenvalue weighted by Gasteiger charge is -2.29. The quantitative estimate of drug-likeness (QED) is 0.535. The standard InChI is InChI=1S/C26H30F3N7O/c1-16(26(27,28)29)32-25-30-14-20-19(5-3-4-6-22(20)34-25)17-7-12-36-23(13-17)21(15-31-36)24(37)33-18-8-10-35(2)11-9-18/h5,7,12-16,18H,3-4,6,8-11H2,1-2H3,(H,33,37)(H,30,32,34)/t16-/m1/s1. The zero-order valence-corrected chi connectivity index (χ0v) is 20.8. The Morgan fingerprint density at radius 2 is 2.00 bits per heavy atom. The number of hydrogen-bond acceptors (Lipinski definition) is 6. The Kier molecular flexibility index (Phi) is 6.89. The molecular formula is C26H30F3N7O. The van der Waals surface area contributed by atoms with Crippen LogP contribution in [0.4, 0.5) is 19.1 Å². The largest absolute Gasteiger partial charge is 0.408 e. The molecule has 4 heterocycles. The van der Waals surface area contributed by atoms with Crippen molar-refractivity contribution in [1.82, 2.24) is 29.8 Å². The van der Waals surface area contributed by atoms with Crippen molar-refractivity contribution in [1.29, 1.82) is 0 Å². The number of hydrogen-bond donors (Lipinski definition) is 2. The normalized spacial score (nSPS) is 18.1. The molecule has 1 aliphatic heterocycles. The Labute approximate surface area is 213 Å². The minimum atomic E-state index is -4.39. The summed E-state index contributed by atoms with van der Waals surface area (Å²) in [5.74, 6) is -0.182. The Balaban J connectivity index is 1.42. The van der Waals surface area contributed by atoms with E-state index in [1.165, 1.54) is 0 Å². The van der Waals surface area contributed by atoms with E-state index in [1.54, 1.807) is 16.9 Å². The van der Waals surface area contributed by atoms with Crippen LogP contribution >= 0.6 is 0 Å². The summed E-state index contributed by atoms with van der Waals surface area (Å²) in [6.45, 7) is 2.94. The van der Waals surface area contributed by atoms with E-state index in [2.05, 4.69) is 43.7 Å². The summed E-state index contributed by atoms with van der Waals surface area (Å²) >= 11 is 0. The molecule has 1 fully saturated rings. The van der Waals surface area contributed by atoms with E-state index in [0.717, 1.165) is 62.4 Å². The van der Waals surface area contributed by atoms with Crippen molar-refractivity contribution >= 4 is 22.9 Å². The third-order valence-corrected chi connectivity index (χ3v) is 7.09. The Morgan fingerprint density at radius 3 is 2.76 bits per heavy atom. The molecule has 1 amide bonds. The van der Waals surface area contributed by atoms with Gasteiger partial charge in [0, 0.05) is 24.0 Å². The van der Waals surface area contributed by atoms with Gasteiger partial charge in [-0.1, -0.05) is 6.08 Å². The molecule has 37 heavy (non-hydrogen) atoms. The molecule has 0 aromatic carbocycles. The molecule has 1 aliphatic carbocycles. The first kappa shape index (κ1) is 25.2. The highest BCUT2D eigenvalue weighted by Gasteiger charge is 2.36. The fraction of sp³-hybridized carbons (Fsp3) is 0.462. The van der Waals surface area contributed by atoms with Gasteiger partial charge in [0.25, 0.3) is 5.91 Å². The average molecular weight is 514 g/mol. The van der Waals surface area contributed by atoms with Crippen molar-refractivity contribution in [2.75, 3.05) is 25.5 Å². The third-order valence-electron chi connectivity index (χ3n) is 7.09. The number of likely N-dealkylation sites (tertiary alicyclic amines) is 1. The molecule has 0 radical (unpaired) electrons. The number of alkyl halides is 3. The van der Waals surface area contributed by atoms with Gasteiger partial charge in [0.1, 0.15) is 6.04 Å². The maximum absolute atomic E-state index is 13.1. The van der Waals surface area contributed by atoms with Gasteiger partial charge in [-0.25, -0.2) is 14.5 Å². The van der Waals surface area contributed by atoms with Crippen LogP contribution in [0.5, 0.6) is 0 Å².